The fourth-order valence-corrected chi connectivity index (χ4v) is 1.87. The molecule has 0 aromatic carbocycles. The van der Waals surface area contributed by atoms with Crippen LogP contribution in [0.25, 0.3) is 0 Å². The van der Waals surface area contributed by atoms with Gasteiger partial charge in [0, 0.05) is 39.3 Å². The highest BCUT2D eigenvalue weighted by Crippen LogP contribution is 2.03. The highest BCUT2D eigenvalue weighted by molar-refractivity contribution is 5.67. The van der Waals surface area contributed by atoms with Crippen LogP contribution in [0.5, 0.6) is 0 Å². The summed E-state index contributed by atoms with van der Waals surface area (Å²) < 4.78 is 9.72. The first-order chi connectivity index (χ1) is 9.17. The van der Waals surface area contributed by atoms with Crippen LogP contribution in [0.1, 0.15) is 13.8 Å². The molecule has 7 nitrogen and oxygen atoms in total. The van der Waals surface area contributed by atoms with Gasteiger partial charge in [-0.15, -0.1) is 0 Å². The first-order valence-electron chi connectivity index (χ1n) is 6.72. The average molecular weight is 273 g/mol. The summed E-state index contributed by atoms with van der Waals surface area (Å²) in [7, 11) is 0. The number of nitrogens with zero attached hydrogens (tertiary/aromatic N) is 2. The van der Waals surface area contributed by atoms with Crippen molar-refractivity contribution in [2.24, 2.45) is 0 Å². The summed E-state index contributed by atoms with van der Waals surface area (Å²) in [6, 6.07) is 0. The summed E-state index contributed by atoms with van der Waals surface area (Å²) in [6.45, 7) is 8.59. The molecule has 1 saturated heterocycles. The summed E-state index contributed by atoms with van der Waals surface area (Å²) in [4.78, 5) is 26.5. The maximum Gasteiger partial charge on any atom is 0.409 e. The topological polar surface area (TPSA) is 71.1 Å². The molecule has 1 N–H and O–H groups in total. The molecule has 110 valence electrons. The Balaban J connectivity index is 2.13. The van der Waals surface area contributed by atoms with Crippen LogP contribution >= 0.6 is 0 Å². The molecule has 0 atom stereocenters. The fourth-order valence-electron chi connectivity index (χ4n) is 1.87. The van der Waals surface area contributed by atoms with Crippen molar-refractivity contribution in [3.63, 3.8) is 0 Å². The van der Waals surface area contributed by atoms with Gasteiger partial charge in [-0.05, 0) is 13.8 Å². The van der Waals surface area contributed by atoms with Gasteiger partial charge in [0.1, 0.15) is 0 Å². The minimum atomic E-state index is -0.382. The zero-order valence-corrected chi connectivity index (χ0v) is 11.7. The predicted octanol–water partition coefficient (Wildman–Crippen LogP) is 0.507. The molecule has 1 fully saturated rings. The van der Waals surface area contributed by atoms with Gasteiger partial charge in [-0.25, -0.2) is 9.59 Å². The van der Waals surface area contributed by atoms with Crippen molar-refractivity contribution >= 4 is 12.2 Å². The summed E-state index contributed by atoms with van der Waals surface area (Å²) in [5.41, 5.74) is 0. The molecule has 2 amide bonds. The highest BCUT2D eigenvalue weighted by atomic mass is 16.6. The zero-order valence-electron chi connectivity index (χ0n) is 11.7. The van der Waals surface area contributed by atoms with Crippen molar-refractivity contribution < 1.29 is 19.1 Å². The second-order valence-corrected chi connectivity index (χ2v) is 4.17. The molecule has 1 aliphatic heterocycles. The molecule has 1 aliphatic rings. The van der Waals surface area contributed by atoms with Crippen LogP contribution < -0.4 is 5.32 Å². The number of amides is 2. The summed E-state index contributed by atoms with van der Waals surface area (Å²) >= 11 is 0. The minimum absolute atomic E-state index is 0.244. The van der Waals surface area contributed by atoms with Crippen molar-refractivity contribution in [2.75, 3.05) is 52.5 Å². The van der Waals surface area contributed by atoms with E-state index < -0.39 is 0 Å². The summed E-state index contributed by atoms with van der Waals surface area (Å²) in [6.07, 6.45) is -0.626. The van der Waals surface area contributed by atoms with Crippen LogP contribution in [-0.4, -0.2) is 74.5 Å². The smallest absolute Gasteiger partial charge is 0.409 e. The van der Waals surface area contributed by atoms with E-state index >= 15 is 0 Å². The third-order valence-corrected chi connectivity index (χ3v) is 2.87. The van der Waals surface area contributed by atoms with Crippen molar-refractivity contribution in [3.8, 4) is 0 Å². The number of hydrogen-bond donors (Lipinski definition) is 1. The minimum Gasteiger partial charge on any atom is -0.450 e. The Bertz CT molecular complexity index is 288. The van der Waals surface area contributed by atoms with Crippen LogP contribution in [-0.2, 0) is 9.47 Å². The monoisotopic (exact) mass is 273 g/mol. The molecular formula is C12H23N3O4. The number of ether oxygens (including phenoxy) is 2. The lowest BCUT2D eigenvalue weighted by Gasteiger charge is -2.33. The number of nitrogens with one attached hydrogen (secondary N) is 1. The standard InChI is InChI=1S/C12H23N3O4/c1-3-18-11(16)13-5-6-14-7-9-15(10-8-14)12(17)19-4-2/h3-10H2,1-2H3,(H,13,16). The number of carbonyl (C=O) groups excluding carboxylic acids is 2. The van der Waals surface area contributed by atoms with Crippen molar-refractivity contribution in [1.82, 2.24) is 15.1 Å². The van der Waals surface area contributed by atoms with Crippen molar-refractivity contribution in [2.45, 2.75) is 13.8 Å². The van der Waals surface area contributed by atoms with Crippen LogP contribution in [0.2, 0.25) is 0 Å². The number of rotatable bonds is 5. The Morgan fingerprint density at radius 1 is 1.05 bits per heavy atom. The zero-order chi connectivity index (χ0) is 14.1. The van der Waals surface area contributed by atoms with E-state index in [1.54, 1.807) is 18.7 Å². The number of carbonyl (C=O) groups is 2. The van der Waals surface area contributed by atoms with Gasteiger partial charge in [0.25, 0.3) is 0 Å². The maximum absolute atomic E-state index is 11.5. The average Bonchev–Trinajstić information content (AvgIpc) is 2.40. The molecule has 0 aromatic rings. The van der Waals surface area contributed by atoms with Gasteiger partial charge >= 0.3 is 12.2 Å². The maximum atomic E-state index is 11.5. The van der Waals surface area contributed by atoms with Crippen molar-refractivity contribution in [3.05, 3.63) is 0 Å². The molecule has 0 saturated carbocycles. The second-order valence-electron chi connectivity index (χ2n) is 4.17. The van der Waals surface area contributed by atoms with E-state index in [1.165, 1.54) is 0 Å². The van der Waals surface area contributed by atoms with E-state index in [9.17, 15) is 9.59 Å². The van der Waals surface area contributed by atoms with Crippen LogP contribution in [0.4, 0.5) is 9.59 Å². The van der Waals surface area contributed by atoms with Crippen LogP contribution in [0.15, 0.2) is 0 Å². The predicted molar refractivity (Wildman–Crippen MR) is 70.1 cm³/mol. The van der Waals surface area contributed by atoms with E-state index in [1.807, 2.05) is 0 Å². The number of piperazine rings is 1. The van der Waals surface area contributed by atoms with E-state index in [0.717, 1.165) is 19.6 Å². The molecule has 1 rings (SSSR count). The quantitative estimate of drug-likeness (QED) is 0.790. The number of alkyl carbamates (subject to hydrolysis) is 1. The van der Waals surface area contributed by atoms with Gasteiger partial charge in [0.05, 0.1) is 13.2 Å². The Kier molecular flexibility index (Phi) is 7.02. The van der Waals surface area contributed by atoms with Crippen LogP contribution in [0, 0.1) is 0 Å². The van der Waals surface area contributed by atoms with E-state index in [-0.39, 0.29) is 12.2 Å². The SMILES string of the molecule is CCOC(=O)NCCN1CCN(C(=O)OCC)CC1. The molecule has 0 bridgehead atoms. The Labute approximate surface area is 113 Å². The molecule has 7 heteroatoms. The molecule has 1 heterocycles. The molecular weight excluding hydrogens is 250 g/mol. The first-order valence-corrected chi connectivity index (χ1v) is 6.72. The molecule has 19 heavy (non-hydrogen) atoms. The molecule has 0 aromatic heterocycles. The van der Waals surface area contributed by atoms with E-state index in [2.05, 4.69) is 10.2 Å². The lowest BCUT2D eigenvalue weighted by molar-refractivity contribution is 0.0797. The first kappa shape index (κ1) is 15.6. The molecule has 0 aliphatic carbocycles. The van der Waals surface area contributed by atoms with Gasteiger partial charge < -0.3 is 19.7 Å². The molecule has 0 spiro atoms. The van der Waals surface area contributed by atoms with Crippen molar-refractivity contribution in [1.29, 1.82) is 0 Å². The van der Waals surface area contributed by atoms with E-state index in [0.29, 0.717) is 32.8 Å². The highest BCUT2D eigenvalue weighted by Gasteiger charge is 2.21. The third kappa shape index (κ3) is 5.78. The summed E-state index contributed by atoms with van der Waals surface area (Å²) in [5.74, 6) is 0. The lowest BCUT2D eigenvalue weighted by atomic mass is 10.3. The van der Waals surface area contributed by atoms with Gasteiger partial charge in [-0.2, -0.15) is 0 Å². The number of hydrogen-bond acceptors (Lipinski definition) is 5. The van der Waals surface area contributed by atoms with Crippen LogP contribution in [0.3, 0.4) is 0 Å². The fraction of sp³-hybridized carbons (Fsp3) is 0.833. The Morgan fingerprint density at radius 3 is 2.26 bits per heavy atom. The van der Waals surface area contributed by atoms with E-state index in [4.69, 9.17) is 9.47 Å². The Hall–Kier alpha value is -1.50. The third-order valence-electron chi connectivity index (χ3n) is 2.87. The summed E-state index contributed by atoms with van der Waals surface area (Å²) in [5, 5.41) is 2.68. The lowest BCUT2D eigenvalue weighted by Crippen LogP contribution is -2.50. The normalized spacial score (nSPS) is 16.0. The van der Waals surface area contributed by atoms with Gasteiger partial charge in [-0.3, -0.25) is 4.90 Å². The second kappa shape index (κ2) is 8.58. The van der Waals surface area contributed by atoms with Gasteiger partial charge in [-0.1, -0.05) is 0 Å². The molecule has 0 radical (unpaired) electrons. The van der Waals surface area contributed by atoms with Gasteiger partial charge in [0.2, 0.25) is 0 Å². The molecule has 0 unspecified atom stereocenters. The van der Waals surface area contributed by atoms with Gasteiger partial charge in [0.15, 0.2) is 0 Å². The largest absolute Gasteiger partial charge is 0.450 e. The Morgan fingerprint density at radius 2 is 1.68 bits per heavy atom.